The Bertz CT molecular complexity index is 535. The number of carboxylic acids is 1. The van der Waals surface area contributed by atoms with Gasteiger partial charge in [0.1, 0.15) is 0 Å². The van der Waals surface area contributed by atoms with Crippen molar-refractivity contribution in [3.8, 4) is 0 Å². The molecule has 1 aliphatic rings. The van der Waals surface area contributed by atoms with E-state index in [1.807, 2.05) is 6.92 Å². The van der Waals surface area contributed by atoms with E-state index < -0.39 is 5.97 Å². The Labute approximate surface area is 121 Å². The molecule has 7 heteroatoms. The van der Waals surface area contributed by atoms with Crippen molar-refractivity contribution < 1.29 is 19.4 Å². The van der Waals surface area contributed by atoms with Crippen molar-refractivity contribution in [2.45, 2.75) is 13.0 Å². The molecule has 0 saturated carbocycles. The number of ether oxygens (including phenoxy) is 1. The summed E-state index contributed by atoms with van der Waals surface area (Å²) in [6.45, 7) is 3.28. The summed E-state index contributed by atoms with van der Waals surface area (Å²) in [4.78, 5) is 24.9. The van der Waals surface area contributed by atoms with Gasteiger partial charge in [-0.05, 0) is 25.1 Å². The van der Waals surface area contributed by atoms with Gasteiger partial charge in [0.25, 0.3) is 0 Å². The first-order valence-corrected chi connectivity index (χ1v) is 6.55. The molecule has 2 rings (SSSR count). The van der Waals surface area contributed by atoms with E-state index in [4.69, 9.17) is 21.4 Å². The summed E-state index contributed by atoms with van der Waals surface area (Å²) < 4.78 is 5.26. The third-order valence-electron chi connectivity index (χ3n) is 3.08. The summed E-state index contributed by atoms with van der Waals surface area (Å²) in [6, 6.07) is 3.84. The Kier molecular flexibility index (Phi) is 4.46. The van der Waals surface area contributed by atoms with Crippen LogP contribution in [0.25, 0.3) is 0 Å². The average molecular weight is 299 g/mol. The molecule has 20 heavy (non-hydrogen) atoms. The molecule has 1 heterocycles. The van der Waals surface area contributed by atoms with Gasteiger partial charge in [0.15, 0.2) is 0 Å². The summed E-state index contributed by atoms with van der Waals surface area (Å²) in [5.74, 6) is -1.12. The number of halogens is 1. The number of anilines is 1. The van der Waals surface area contributed by atoms with Crippen molar-refractivity contribution in [3.05, 3.63) is 28.8 Å². The number of carbonyl (C=O) groups is 2. The molecule has 2 N–H and O–H groups in total. The van der Waals surface area contributed by atoms with Crippen LogP contribution in [0.2, 0.25) is 5.02 Å². The quantitative estimate of drug-likeness (QED) is 0.878. The minimum Gasteiger partial charge on any atom is -0.478 e. The second-order valence-corrected chi connectivity index (χ2v) is 4.98. The van der Waals surface area contributed by atoms with Gasteiger partial charge in [-0.25, -0.2) is 9.59 Å². The number of benzene rings is 1. The number of rotatable bonds is 2. The van der Waals surface area contributed by atoms with Crippen molar-refractivity contribution in [3.63, 3.8) is 0 Å². The second-order valence-electron chi connectivity index (χ2n) is 4.54. The molecule has 0 bridgehead atoms. The van der Waals surface area contributed by atoms with Gasteiger partial charge in [-0.3, -0.25) is 0 Å². The van der Waals surface area contributed by atoms with Gasteiger partial charge in [-0.15, -0.1) is 0 Å². The lowest BCUT2D eigenvalue weighted by molar-refractivity contribution is 0.0221. The molecule has 1 atom stereocenters. The van der Waals surface area contributed by atoms with Crippen LogP contribution in [0.1, 0.15) is 17.3 Å². The summed E-state index contributed by atoms with van der Waals surface area (Å²) in [7, 11) is 0. The molecule has 0 spiro atoms. The predicted octanol–water partition coefficient (Wildman–Crippen LogP) is 2.29. The fraction of sp³-hybridized carbons (Fsp3) is 0.385. The largest absolute Gasteiger partial charge is 0.478 e. The van der Waals surface area contributed by atoms with Gasteiger partial charge >= 0.3 is 12.0 Å². The van der Waals surface area contributed by atoms with E-state index >= 15 is 0 Å². The monoisotopic (exact) mass is 298 g/mol. The number of hydrogen-bond donors (Lipinski definition) is 2. The molecule has 1 fully saturated rings. The zero-order valence-corrected chi connectivity index (χ0v) is 11.7. The van der Waals surface area contributed by atoms with Gasteiger partial charge in [-0.1, -0.05) is 11.6 Å². The van der Waals surface area contributed by atoms with Gasteiger partial charge in [0.05, 0.1) is 30.5 Å². The molecule has 0 aliphatic carbocycles. The Hall–Kier alpha value is -1.79. The van der Waals surface area contributed by atoms with Gasteiger partial charge in [0, 0.05) is 11.6 Å². The Balaban J connectivity index is 2.18. The first kappa shape index (κ1) is 14.6. The van der Waals surface area contributed by atoms with E-state index in [1.165, 1.54) is 18.2 Å². The lowest BCUT2D eigenvalue weighted by atomic mass is 10.2. The summed E-state index contributed by atoms with van der Waals surface area (Å²) in [6.07, 6.45) is 0. The number of urea groups is 1. The number of nitrogens with one attached hydrogen (secondary N) is 1. The van der Waals surface area contributed by atoms with Crippen LogP contribution >= 0.6 is 11.6 Å². The van der Waals surface area contributed by atoms with Crippen LogP contribution in [-0.2, 0) is 4.74 Å². The normalized spacial score (nSPS) is 18.7. The highest BCUT2D eigenvalue weighted by Crippen LogP contribution is 2.22. The van der Waals surface area contributed by atoms with E-state index in [-0.39, 0.29) is 23.3 Å². The molecule has 1 unspecified atom stereocenters. The van der Waals surface area contributed by atoms with Crippen molar-refractivity contribution >= 4 is 29.3 Å². The van der Waals surface area contributed by atoms with Crippen LogP contribution in [0.4, 0.5) is 10.5 Å². The average Bonchev–Trinajstić information content (AvgIpc) is 2.38. The van der Waals surface area contributed by atoms with Crippen LogP contribution in [0.3, 0.4) is 0 Å². The lowest BCUT2D eigenvalue weighted by Gasteiger charge is -2.33. The van der Waals surface area contributed by atoms with Gasteiger partial charge < -0.3 is 20.1 Å². The Morgan fingerprint density at radius 1 is 1.50 bits per heavy atom. The molecule has 1 aromatic carbocycles. The first-order chi connectivity index (χ1) is 9.49. The Morgan fingerprint density at radius 3 is 2.90 bits per heavy atom. The second kappa shape index (κ2) is 6.11. The molecule has 1 saturated heterocycles. The maximum absolute atomic E-state index is 12.2. The number of carbonyl (C=O) groups excluding carboxylic acids is 1. The molecule has 1 aliphatic heterocycles. The zero-order valence-electron chi connectivity index (χ0n) is 10.9. The van der Waals surface area contributed by atoms with Crippen LogP contribution in [-0.4, -0.2) is 47.8 Å². The fourth-order valence-electron chi connectivity index (χ4n) is 2.02. The number of amides is 2. The highest BCUT2D eigenvalue weighted by atomic mass is 35.5. The van der Waals surface area contributed by atoms with E-state index in [0.29, 0.717) is 24.8 Å². The standard InChI is InChI=1S/C13H15ClN2O4/c1-8-7-20-5-4-16(8)13(19)15-11-6-9(14)2-3-10(11)12(17)18/h2-3,6,8H,4-5,7H2,1H3,(H,15,19)(H,17,18). The molecule has 2 amide bonds. The first-order valence-electron chi connectivity index (χ1n) is 6.17. The van der Waals surface area contributed by atoms with Crippen molar-refractivity contribution in [1.82, 2.24) is 4.90 Å². The fourth-order valence-corrected chi connectivity index (χ4v) is 2.19. The van der Waals surface area contributed by atoms with Crippen LogP contribution in [0, 0.1) is 0 Å². The third-order valence-corrected chi connectivity index (χ3v) is 3.32. The van der Waals surface area contributed by atoms with Crippen molar-refractivity contribution in [2.75, 3.05) is 25.1 Å². The highest BCUT2D eigenvalue weighted by molar-refractivity contribution is 6.31. The summed E-state index contributed by atoms with van der Waals surface area (Å²) >= 11 is 5.84. The number of hydrogen-bond acceptors (Lipinski definition) is 3. The van der Waals surface area contributed by atoms with Crippen LogP contribution in [0.15, 0.2) is 18.2 Å². The van der Waals surface area contributed by atoms with E-state index in [2.05, 4.69) is 5.32 Å². The van der Waals surface area contributed by atoms with Crippen molar-refractivity contribution in [1.29, 1.82) is 0 Å². The number of aromatic carboxylic acids is 1. The molecular weight excluding hydrogens is 284 g/mol. The molecular formula is C13H15ClN2O4. The van der Waals surface area contributed by atoms with E-state index in [1.54, 1.807) is 4.90 Å². The molecule has 108 valence electrons. The topological polar surface area (TPSA) is 78.9 Å². The lowest BCUT2D eigenvalue weighted by Crippen LogP contribution is -2.49. The third kappa shape index (κ3) is 3.20. The van der Waals surface area contributed by atoms with Crippen LogP contribution in [0.5, 0.6) is 0 Å². The summed E-state index contributed by atoms with van der Waals surface area (Å²) in [5, 5.41) is 12.1. The van der Waals surface area contributed by atoms with Crippen LogP contribution < -0.4 is 5.32 Å². The smallest absolute Gasteiger partial charge is 0.337 e. The number of morpholine rings is 1. The van der Waals surface area contributed by atoms with E-state index in [9.17, 15) is 9.59 Å². The number of carboxylic acid groups (broad SMARTS) is 1. The Morgan fingerprint density at radius 2 is 2.25 bits per heavy atom. The van der Waals surface area contributed by atoms with E-state index in [0.717, 1.165) is 0 Å². The predicted molar refractivity (Wildman–Crippen MR) is 74.4 cm³/mol. The SMILES string of the molecule is CC1COCCN1C(=O)Nc1cc(Cl)ccc1C(=O)O. The van der Waals surface area contributed by atoms with Gasteiger partial charge in [-0.2, -0.15) is 0 Å². The molecule has 0 aromatic heterocycles. The maximum atomic E-state index is 12.2. The molecule has 6 nitrogen and oxygen atoms in total. The van der Waals surface area contributed by atoms with Gasteiger partial charge in [0.2, 0.25) is 0 Å². The molecule has 1 aromatic rings. The molecule has 0 radical (unpaired) electrons. The maximum Gasteiger partial charge on any atom is 0.337 e. The zero-order chi connectivity index (χ0) is 14.7. The highest BCUT2D eigenvalue weighted by Gasteiger charge is 2.24. The summed E-state index contributed by atoms with van der Waals surface area (Å²) in [5.41, 5.74) is 0.192. The minimum absolute atomic E-state index is 0.00339. The minimum atomic E-state index is -1.12. The van der Waals surface area contributed by atoms with Crippen molar-refractivity contribution in [2.24, 2.45) is 0 Å². The number of nitrogens with zero attached hydrogens (tertiary/aromatic N) is 1.